The van der Waals surface area contributed by atoms with Gasteiger partial charge >= 0.3 is 0 Å². The minimum absolute atomic E-state index is 0.0171. The van der Waals surface area contributed by atoms with Crippen molar-refractivity contribution in [2.75, 3.05) is 11.9 Å². The third-order valence-corrected chi connectivity index (χ3v) is 2.94. The molecule has 0 fully saturated rings. The van der Waals surface area contributed by atoms with Crippen LogP contribution in [-0.4, -0.2) is 32.4 Å². The summed E-state index contributed by atoms with van der Waals surface area (Å²) in [5.74, 6) is 0.335. The van der Waals surface area contributed by atoms with Crippen molar-refractivity contribution in [3.8, 4) is 0 Å². The van der Waals surface area contributed by atoms with E-state index < -0.39 is 5.60 Å². The molecule has 1 heterocycles. The summed E-state index contributed by atoms with van der Waals surface area (Å²) in [7, 11) is 0. The molecule has 2 N–H and O–H groups in total. The van der Waals surface area contributed by atoms with E-state index in [1.54, 1.807) is 0 Å². The topological polar surface area (TPSA) is 70.9 Å². The summed E-state index contributed by atoms with van der Waals surface area (Å²) in [6.45, 7) is 4.17. The van der Waals surface area contributed by atoms with E-state index in [2.05, 4.69) is 20.5 Å². The lowest BCUT2D eigenvalue weighted by Gasteiger charge is -2.25. The first-order valence-electron chi connectivity index (χ1n) is 5.02. The van der Waals surface area contributed by atoms with Gasteiger partial charge in [-0.1, -0.05) is 25.4 Å². The number of aromatic nitrogens is 3. The lowest BCUT2D eigenvalue weighted by molar-refractivity contribution is 0.0456. The highest BCUT2D eigenvalue weighted by Crippen LogP contribution is 2.20. The molecule has 1 aromatic rings. The van der Waals surface area contributed by atoms with E-state index in [4.69, 9.17) is 23.2 Å². The number of rotatable bonds is 5. The highest BCUT2D eigenvalue weighted by molar-refractivity contribution is 6.32. The van der Waals surface area contributed by atoms with Gasteiger partial charge in [0.05, 0.1) is 5.60 Å². The quantitative estimate of drug-likeness (QED) is 0.853. The Hall–Kier alpha value is -0.650. The molecule has 1 aromatic heterocycles. The maximum atomic E-state index is 10.0. The highest BCUT2D eigenvalue weighted by Gasteiger charge is 2.22. The summed E-state index contributed by atoms with van der Waals surface area (Å²) >= 11 is 11.4. The zero-order chi connectivity index (χ0) is 12.2. The van der Waals surface area contributed by atoms with Gasteiger partial charge in [0.15, 0.2) is 11.0 Å². The summed E-state index contributed by atoms with van der Waals surface area (Å²) in [4.78, 5) is 3.88. The van der Waals surface area contributed by atoms with Crippen LogP contribution in [0.25, 0.3) is 0 Å². The average Bonchev–Trinajstić information content (AvgIpc) is 2.30. The molecule has 1 rings (SSSR count). The first kappa shape index (κ1) is 13.4. The van der Waals surface area contributed by atoms with Crippen LogP contribution in [0.1, 0.15) is 26.7 Å². The number of nitrogens with one attached hydrogen (secondary N) is 1. The molecule has 0 aromatic carbocycles. The van der Waals surface area contributed by atoms with E-state index in [-0.39, 0.29) is 10.4 Å². The molecule has 0 atom stereocenters. The van der Waals surface area contributed by atoms with Crippen molar-refractivity contribution in [2.45, 2.75) is 32.3 Å². The number of nitrogens with zero attached hydrogens (tertiary/aromatic N) is 3. The third kappa shape index (κ3) is 3.43. The highest BCUT2D eigenvalue weighted by atomic mass is 35.5. The monoisotopic (exact) mass is 264 g/mol. The van der Waals surface area contributed by atoms with E-state index in [1.807, 2.05) is 13.8 Å². The number of hydrogen-bond acceptors (Lipinski definition) is 5. The Morgan fingerprint density at radius 3 is 2.44 bits per heavy atom. The first-order valence-corrected chi connectivity index (χ1v) is 5.78. The first-order chi connectivity index (χ1) is 7.50. The second kappa shape index (κ2) is 5.61. The van der Waals surface area contributed by atoms with Crippen LogP contribution in [0.15, 0.2) is 0 Å². The van der Waals surface area contributed by atoms with Crippen LogP contribution in [0.5, 0.6) is 0 Å². The smallest absolute Gasteiger partial charge is 0.245 e. The summed E-state index contributed by atoms with van der Waals surface area (Å²) in [5.41, 5.74) is -0.777. The van der Waals surface area contributed by atoms with Gasteiger partial charge in [0.25, 0.3) is 0 Å². The molecule has 0 aliphatic rings. The molecular weight excluding hydrogens is 251 g/mol. The molecule has 5 nitrogen and oxygen atoms in total. The van der Waals surface area contributed by atoms with E-state index in [0.29, 0.717) is 25.2 Å². The Kier molecular flexibility index (Phi) is 4.70. The summed E-state index contributed by atoms with van der Waals surface area (Å²) in [5, 5.41) is 20.2. The van der Waals surface area contributed by atoms with Gasteiger partial charge in [0.2, 0.25) is 5.28 Å². The van der Waals surface area contributed by atoms with Crippen LogP contribution in [0.2, 0.25) is 10.4 Å². The molecule has 0 bridgehead atoms. The summed E-state index contributed by atoms with van der Waals surface area (Å²) < 4.78 is 0. The lowest BCUT2D eigenvalue weighted by Crippen LogP contribution is -2.35. The second-order valence-corrected chi connectivity index (χ2v) is 4.20. The zero-order valence-corrected chi connectivity index (χ0v) is 10.7. The fourth-order valence-electron chi connectivity index (χ4n) is 1.15. The van der Waals surface area contributed by atoms with Gasteiger partial charge in [-0.15, -0.1) is 10.2 Å². The van der Waals surface area contributed by atoms with Gasteiger partial charge < -0.3 is 10.4 Å². The van der Waals surface area contributed by atoms with E-state index >= 15 is 0 Å². The SMILES string of the molecule is CCC(O)(CC)CNc1nc(Cl)nnc1Cl. The Balaban J connectivity index is 2.70. The van der Waals surface area contributed by atoms with Crippen LogP contribution in [0.4, 0.5) is 5.82 Å². The Morgan fingerprint density at radius 2 is 1.88 bits per heavy atom. The fraction of sp³-hybridized carbons (Fsp3) is 0.667. The molecule has 0 aliphatic heterocycles. The Labute approximate surface area is 104 Å². The molecule has 0 saturated carbocycles. The molecule has 7 heteroatoms. The van der Waals surface area contributed by atoms with Gasteiger partial charge in [-0.2, -0.15) is 4.98 Å². The van der Waals surface area contributed by atoms with Crippen molar-refractivity contribution in [1.82, 2.24) is 15.2 Å². The van der Waals surface area contributed by atoms with Crippen molar-refractivity contribution < 1.29 is 5.11 Å². The Morgan fingerprint density at radius 1 is 1.25 bits per heavy atom. The van der Waals surface area contributed by atoms with Crippen molar-refractivity contribution in [3.63, 3.8) is 0 Å². The number of hydrogen-bond donors (Lipinski definition) is 2. The number of aliphatic hydroxyl groups is 1. The molecule has 0 radical (unpaired) electrons. The molecule has 0 amide bonds. The zero-order valence-electron chi connectivity index (χ0n) is 9.17. The minimum atomic E-state index is -0.777. The normalized spacial score (nSPS) is 11.6. The molecule has 0 spiro atoms. The summed E-state index contributed by atoms with van der Waals surface area (Å²) in [6.07, 6.45) is 1.28. The van der Waals surface area contributed by atoms with E-state index in [0.717, 1.165) is 0 Å². The summed E-state index contributed by atoms with van der Waals surface area (Å²) in [6, 6.07) is 0. The lowest BCUT2D eigenvalue weighted by atomic mass is 9.98. The van der Waals surface area contributed by atoms with Crippen LogP contribution in [0, 0.1) is 0 Å². The van der Waals surface area contributed by atoms with Crippen LogP contribution in [-0.2, 0) is 0 Å². The minimum Gasteiger partial charge on any atom is -0.388 e. The van der Waals surface area contributed by atoms with Gasteiger partial charge in [-0.25, -0.2) is 0 Å². The Bertz CT molecular complexity index is 357. The van der Waals surface area contributed by atoms with Gasteiger partial charge in [0.1, 0.15) is 0 Å². The molecule has 90 valence electrons. The van der Waals surface area contributed by atoms with E-state index in [1.165, 1.54) is 0 Å². The molecule has 0 saturated heterocycles. The van der Waals surface area contributed by atoms with Crippen LogP contribution < -0.4 is 5.32 Å². The molecule has 0 unspecified atom stereocenters. The van der Waals surface area contributed by atoms with Crippen LogP contribution >= 0.6 is 23.2 Å². The van der Waals surface area contributed by atoms with Gasteiger partial charge in [-0.05, 0) is 24.4 Å². The van der Waals surface area contributed by atoms with Crippen molar-refractivity contribution >= 4 is 29.0 Å². The third-order valence-electron chi connectivity index (χ3n) is 2.52. The van der Waals surface area contributed by atoms with E-state index in [9.17, 15) is 5.11 Å². The maximum Gasteiger partial charge on any atom is 0.245 e. The van der Waals surface area contributed by atoms with Crippen molar-refractivity contribution in [1.29, 1.82) is 0 Å². The number of halogens is 2. The van der Waals surface area contributed by atoms with Crippen LogP contribution in [0.3, 0.4) is 0 Å². The average molecular weight is 265 g/mol. The predicted octanol–water partition coefficient (Wildman–Crippen LogP) is 2.14. The van der Waals surface area contributed by atoms with Gasteiger partial charge in [-0.3, -0.25) is 0 Å². The van der Waals surface area contributed by atoms with Gasteiger partial charge in [0, 0.05) is 6.54 Å². The van der Waals surface area contributed by atoms with Crippen molar-refractivity contribution in [3.05, 3.63) is 10.4 Å². The molecular formula is C9H14Cl2N4O. The number of anilines is 1. The standard InChI is InChI=1S/C9H14Cl2N4O/c1-3-9(16,4-2)5-12-7-6(10)14-15-8(11)13-7/h16H,3-5H2,1-2H3,(H,12,13,15). The second-order valence-electron chi connectivity index (χ2n) is 3.51. The largest absolute Gasteiger partial charge is 0.388 e. The fourth-order valence-corrected chi connectivity index (χ4v) is 1.42. The van der Waals surface area contributed by atoms with Crippen molar-refractivity contribution in [2.24, 2.45) is 0 Å². The molecule has 16 heavy (non-hydrogen) atoms. The molecule has 0 aliphatic carbocycles. The predicted molar refractivity (Wildman–Crippen MR) is 63.9 cm³/mol. The maximum absolute atomic E-state index is 10.0.